The van der Waals surface area contributed by atoms with Gasteiger partial charge in [-0.15, -0.1) is 5.10 Å². The Bertz CT molecular complexity index is 756. The molecule has 3 heterocycles. The molecule has 0 amide bonds. The van der Waals surface area contributed by atoms with Crippen molar-refractivity contribution in [2.75, 3.05) is 23.7 Å². The quantitative estimate of drug-likeness (QED) is 0.737. The number of anilines is 2. The van der Waals surface area contributed by atoms with Crippen LogP contribution in [-0.4, -0.2) is 49.8 Å². The first-order valence-electron chi connectivity index (χ1n) is 6.82. The van der Waals surface area contributed by atoms with E-state index in [1.54, 1.807) is 6.20 Å². The van der Waals surface area contributed by atoms with Gasteiger partial charge in [0.15, 0.2) is 5.65 Å². The van der Waals surface area contributed by atoms with E-state index in [2.05, 4.69) is 10.1 Å². The van der Waals surface area contributed by atoms with Crippen molar-refractivity contribution in [3.8, 4) is 0 Å². The highest BCUT2D eigenvalue weighted by Crippen LogP contribution is 2.25. The second-order valence-corrected chi connectivity index (χ2v) is 5.28. The number of rotatable bonds is 3. The van der Waals surface area contributed by atoms with Crippen LogP contribution in [-0.2, 0) is 4.79 Å². The van der Waals surface area contributed by atoms with Gasteiger partial charge in [0.05, 0.1) is 17.8 Å². The number of nitrogens with two attached hydrogens (primary N) is 1. The summed E-state index contributed by atoms with van der Waals surface area (Å²) in [4.78, 5) is 28.3. The van der Waals surface area contributed by atoms with E-state index in [0.717, 1.165) is 6.42 Å². The van der Waals surface area contributed by atoms with Crippen molar-refractivity contribution in [2.45, 2.75) is 12.8 Å². The molecule has 9 heteroatoms. The third kappa shape index (κ3) is 2.41. The summed E-state index contributed by atoms with van der Waals surface area (Å²) in [6.07, 6.45) is 2.97. The summed E-state index contributed by atoms with van der Waals surface area (Å²) in [5.74, 6) is -2.44. The van der Waals surface area contributed by atoms with Crippen LogP contribution in [0.4, 0.5) is 11.6 Å². The van der Waals surface area contributed by atoms with Crippen LogP contribution < -0.4 is 10.6 Å². The van der Waals surface area contributed by atoms with Crippen LogP contribution in [0.1, 0.15) is 23.2 Å². The summed E-state index contributed by atoms with van der Waals surface area (Å²) in [5, 5.41) is 22.4. The highest BCUT2D eigenvalue weighted by molar-refractivity contribution is 5.95. The number of hydrogen-bond donors (Lipinski definition) is 3. The molecule has 1 saturated heterocycles. The van der Waals surface area contributed by atoms with Gasteiger partial charge in [0, 0.05) is 13.1 Å². The second-order valence-electron chi connectivity index (χ2n) is 5.28. The molecule has 3 rings (SSSR count). The first kappa shape index (κ1) is 14.1. The normalized spacial score (nSPS) is 18.5. The number of carboxylic acid groups (broad SMARTS) is 2. The number of aromatic nitrogens is 3. The van der Waals surface area contributed by atoms with Crippen LogP contribution >= 0.6 is 0 Å². The average molecular weight is 305 g/mol. The third-order valence-corrected chi connectivity index (χ3v) is 3.80. The van der Waals surface area contributed by atoms with Gasteiger partial charge in [-0.1, -0.05) is 0 Å². The number of hydrogen-bond acceptors (Lipinski definition) is 6. The number of aromatic carboxylic acids is 1. The first-order chi connectivity index (χ1) is 10.5. The number of pyridine rings is 1. The third-order valence-electron chi connectivity index (χ3n) is 3.80. The average Bonchev–Trinajstić information content (AvgIpc) is 2.86. The van der Waals surface area contributed by atoms with Crippen molar-refractivity contribution in [1.29, 1.82) is 0 Å². The fraction of sp³-hybridized carbons (Fsp3) is 0.385. The number of nitrogen functional groups attached to an aromatic ring is 1. The Morgan fingerprint density at radius 1 is 1.36 bits per heavy atom. The number of carbonyl (C=O) groups is 2. The molecule has 1 unspecified atom stereocenters. The summed E-state index contributed by atoms with van der Waals surface area (Å²) in [6.45, 7) is 1.00. The number of nitrogens with zero attached hydrogens (tertiary/aromatic N) is 4. The lowest BCUT2D eigenvalue weighted by molar-refractivity contribution is -0.141. The van der Waals surface area contributed by atoms with Crippen molar-refractivity contribution in [2.24, 2.45) is 5.92 Å². The van der Waals surface area contributed by atoms with E-state index in [-0.39, 0.29) is 17.2 Å². The number of fused-ring (bicyclic) bond motifs is 1. The van der Waals surface area contributed by atoms with E-state index in [1.165, 1.54) is 10.6 Å². The molecule has 9 nitrogen and oxygen atoms in total. The van der Waals surface area contributed by atoms with Crippen molar-refractivity contribution < 1.29 is 19.8 Å². The Morgan fingerprint density at radius 2 is 2.14 bits per heavy atom. The molecule has 0 aromatic carbocycles. The Kier molecular flexibility index (Phi) is 3.32. The van der Waals surface area contributed by atoms with Gasteiger partial charge in [-0.3, -0.25) is 4.79 Å². The SMILES string of the molecule is Nc1nc2c(C(=O)O)cc(N3CCCC(C(=O)O)C3)cn2n1. The van der Waals surface area contributed by atoms with E-state index in [4.69, 9.17) is 10.8 Å². The van der Waals surface area contributed by atoms with Crippen molar-refractivity contribution in [1.82, 2.24) is 14.6 Å². The Morgan fingerprint density at radius 3 is 2.82 bits per heavy atom. The minimum Gasteiger partial charge on any atom is -0.481 e. The molecule has 2 aromatic rings. The van der Waals surface area contributed by atoms with Crippen LogP contribution in [0.2, 0.25) is 0 Å². The summed E-state index contributed by atoms with van der Waals surface area (Å²) >= 11 is 0. The van der Waals surface area contributed by atoms with Crippen LogP contribution in [0.25, 0.3) is 5.65 Å². The number of piperidine rings is 1. The topological polar surface area (TPSA) is 134 Å². The van der Waals surface area contributed by atoms with Crippen molar-refractivity contribution >= 4 is 29.2 Å². The van der Waals surface area contributed by atoms with Gasteiger partial charge in [0.2, 0.25) is 5.95 Å². The standard InChI is InChI=1S/C13H15N5O4/c14-13-15-10-9(12(21)22)4-8(6-18(10)16-13)17-3-1-2-7(5-17)11(19)20/h4,6-7H,1-3,5H2,(H2,14,16)(H,19,20)(H,21,22). The van der Waals surface area contributed by atoms with Crippen molar-refractivity contribution in [3.63, 3.8) is 0 Å². The minimum atomic E-state index is -1.13. The van der Waals surface area contributed by atoms with E-state index in [9.17, 15) is 14.7 Å². The molecule has 1 atom stereocenters. The van der Waals surface area contributed by atoms with Gasteiger partial charge in [0.25, 0.3) is 0 Å². The molecular formula is C13H15N5O4. The lowest BCUT2D eigenvalue weighted by Crippen LogP contribution is -2.38. The second kappa shape index (κ2) is 5.17. The fourth-order valence-corrected chi connectivity index (χ4v) is 2.73. The molecule has 0 bridgehead atoms. The monoisotopic (exact) mass is 305 g/mol. The molecule has 1 fully saturated rings. The Labute approximate surface area is 125 Å². The zero-order valence-corrected chi connectivity index (χ0v) is 11.6. The highest BCUT2D eigenvalue weighted by Gasteiger charge is 2.27. The molecular weight excluding hydrogens is 290 g/mol. The fourth-order valence-electron chi connectivity index (χ4n) is 2.73. The molecule has 2 aromatic heterocycles. The maximum absolute atomic E-state index is 11.4. The molecule has 0 spiro atoms. The molecule has 22 heavy (non-hydrogen) atoms. The highest BCUT2D eigenvalue weighted by atomic mass is 16.4. The minimum absolute atomic E-state index is 0.0123. The molecule has 0 saturated carbocycles. The predicted octanol–water partition coefficient (Wildman–Crippen LogP) is 0.311. The van der Waals surface area contributed by atoms with Gasteiger partial charge < -0.3 is 20.8 Å². The zero-order valence-electron chi connectivity index (χ0n) is 11.6. The van der Waals surface area contributed by atoms with Crippen molar-refractivity contribution in [3.05, 3.63) is 17.8 Å². The van der Waals surface area contributed by atoms with E-state index < -0.39 is 17.9 Å². The lowest BCUT2D eigenvalue weighted by Gasteiger charge is -2.32. The van der Waals surface area contributed by atoms with E-state index >= 15 is 0 Å². The van der Waals surface area contributed by atoms with Gasteiger partial charge in [-0.2, -0.15) is 4.98 Å². The van der Waals surface area contributed by atoms with Crippen LogP contribution in [0.15, 0.2) is 12.3 Å². The van der Waals surface area contributed by atoms with Gasteiger partial charge >= 0.3 is 11.9 Å². The lowest BCUT2D eigenvalue weighted by atomic mass is 9.98. The van der Waals surface area contributed by atoms with Gasteiger partial charge in [-0.05, 0) is 18.9 Å². The van der Waals surface area contributed by atoms with E-state index in [0.29, 0.717) is 25.2 Å². The van der Waals surface area contributed by atoms with Gasteiger partial charge in [0.1, 0.15) is 5.56 Å². The Balaban J connectivity index is 2.03. The number of aliphatic carboxylic acids is 1. The first-order valence-corrected chi connectivity index (χ1v) is 6.82. The predicted molar refractivity (Wildman–Crippen MR) is 76.9 cm³/mol. The summed E-state index contributed by atoms with van der Waals surface area (Å²) in [7, 11) is 0. The molecule has 0 radical (unpaired) electrons. The zero-order chi connectivity index (χ0) is 15.9. The Hall–Kier alpha value is -2.84. The van der Waals surface area contributed by atoms with Gasteiger partial charge in [-0.25, -0.2) is 9.31 Å². The molecule has 1 aliphatic heterocycles. The summed E-state index contributed by atoms with van der Waals surface area (Å²) in [5.41, 5.74) is 6.27. The molecule has 0 aliphatic carbocycles. The molecule has 116 valence electrons. The van der Waals surface area contributed by atoms with Crippen LogP contribution in [0.5, 0.6) is 0 Å². The summed E-state index contributed by atoms with van der Waals surface area (Å²) < 4.78 is 1.32. The van der Waals surface area contributed by atoms with E-state index in [1.807, 2.05) is 4.90 Å². The largest absolute Gasteiger partial charge is 0.481 e. The maximum Gasteiger partial charge on any atom is 0.339 e. The smallest absolute Gasteiger partial charge is 0.339 e. The molecule has 1 aliphatic rings. The molecule has 4 N–H and O–H groups in total. The summed E-state index contributed by atoms with van der Waals surface area (Å²) in [6, 6.07) is 1.48. The van der Waals surface area contributed by atoms with Crippen LogP contribution in [0.3, 0.4) is 0 Å². The maximum atomic E-state index is 11.4. The number of carboxylic acids is 2. The van der Waals surface area contributed by atoms with Crippen LogP contribution in [0, 0.1) is 5.92 Å².